The summed E-state index contributed by atoms with van der Waals surface area (Å²) in [6.07, 6.45) is 0. The van der Waals surface area contributed by atoms with Crippen LogP contribution in [0.25, 0.3) is 0 Å². The Morgan fingerprint density at radius 2 is 1.80 bits per heavy atom. The second-order valence-electron chi connectivity index (χ2n) is 4.63. The predicted molar refractivity (Wildman–Crippen MR) is 82.9 cm³/mol. The zero-order valence-corrected chi connectivity index (χ0v) is 12.1. The Morgan fingerprint density at radius 1 is 1.05 bits per heavy atom. The Morgan fingerprint density at radius 3 is 2.45 bits per heavy atom. The number of rotatable bonds is 6. The van der Waals surface area contributed by atoms with Crippen molar-refractivity contribution in [3.63, 3.8) is 0 Å². The molecule has 106 valence electrons. The topological polar surface area (TPSA) is 15.3 Å². The van der Waals surface area contributed by atoms with Crippen LogP contribution in [0.15, 0.2) is 48.5 Å². The third-order valence-electron chi connectivity index (χ3n) is 3.28. The van der Waals surface area contributed by atoms with Crippen LogP contribution in [0.3, 0.4) is 0 Å². The normalized spacial score (nSPS) is 10.6. The number of anilines is 2. The first kappa shape index (κ1) is 14.5. The standard InChI is InChI=1S/C17H21FN2/c1-3-19-13-14-12-15(18)10-11-17(14)20(4-2)16-8-6-5-7-9-16/h5-12,19H,3-4,13H2,1-2H3. The molecule has 0 aliphatic heterocycles. The van der Waals surface area contributed by atoms with E-state index < -0.39 is 0 Å². The fourth-order valence-electron chi connectivity index (χ4n) is 2.32. The van der Waals surface area contributed by atoms with Gasteiger partial charge < -0.3 is 10.2 Å². The van der Waals surface area contributed by atoms with E-state index >= 15 is 0 Å². The van der Waals surface area contributed by atoms with Crippen molar-refractivity contribution in [1.29, 1.82) is 0 Å². The van der Waals surface area contributed by atoms with E-state index in [0.717, 1.165) is 30.0 Å². The molecular formula is C17H21FN2. The van der Waals surface area contributed by atoms with Gasteiger partial charge in [0.05, 0.1) is 0 Å². The lowest BCUT2D eigenvalue weighted by molar-refractivity contribution is 0.621. The molecule has 20 heavy (non-hydrogen) atoms. The molecule has 1 N–H and O–H groups in total. The number of para-hydroxylation sites is 1. The first-order chi connectivity index (χ1) is 9.76. The zero-order chi connectivity index (χ0) is 14.4. The van der Waals surface area contributed by atoms with Crippen LogP contribution < -0.4 is 10.2 Å². The van der Waals surface area contributed by atoms with Crippen molar-refractivity contribution >= 4 is 11.4 Å². The van der Waals surface area contributed by atoms with E-state index in [1.54, 1.807) is 6.07 Å². The molecule has 0 saturated heterocycles. The van der Waals surface area contributed by atoms with E-state index in [-0.39, 0.29) is 5.82 Å². The van der Waals surface area contributed by atoms with Crippen molar-refractivity contribution in [1.82, 2.24) is 5.32 Å². The van der Waals surface area contributed by atoms with Crippen LogP contribution in [0.2, 0.25) is 0 Å². The molecule has 3 heteroatoms. The minimum absolute atomic E-state index is 0.189. The lowest BCUT2D eigenvalue weighted by atomic mass is 10.1. The van der Waals surface area contributed by atoms with E-state index in [0.29, 0.717) is 6.54 Å². The Labute approximate surface area is 120 Å². The summed E-state index contributed by atoms with van der Waals surface area (Å²) in [5.41, 5.74) is 3.16. The van der Waals surface area contributed by atoms with Gasteiger partial charge in [-0.05, 0) is 49.4 Å². The Hall–Kier alpha value is -1.87. The van der Waals surface area contributed by atoms with Crippen molar-refractivity contribution in [3.8, 4) is 0 Å². The summed E-state index contributed by atoms with van der Waals surface area (Å²) in [5, 5.41) is 3.27. The molecule has 0 aliphatic rings. The summed E-state index contributed by atoms with van der Waals surface area (Å²) in [7, 11) is 0. The van der Waals surface area contributed by atoms with Crippen LogP contribution in [0.5, 0.6) is 0 Å². The van der Waals surface area contributed by atoms with Crippen molar-refractivity contribution < 1.29 is 4.39 Å². The first-order valence-corrected chi connectivity index (χ1v) is 7.08. The second-order valence-corrected chi connectivity index (χ2v) is 4.63. The molecule has 0 amide bonds. The lowest BCUT2D eigenvalue weighted by Gasteiger charge is -2.26. The highest BCUT2D eigenvalue weighted by molar-refractivity contribution is 5.66. The first-order valence-electron chi connectivity index (χ1n) is 7.08. The third kappa shape index (κ3) is 3.36. The van der Waals surface area contributed by atoms with Gasteiger partial charge in [0.2, 0.25) is 0 Å². The monoisotopic (exact) mass is 272 g/mol. The fraction of sp³-hybridized carbons (Fsp3) is 0.294. The Balaban J connectivity index is 2.38. The molecule has 0 radical (unpaired) electrons. The molecule has 0 bridgehead atoms. The van der Waals surface area contributed by atoms with Crippen molar-refractivity contribution in [2.45, 2.75) is 20.4 Å². The van der Waals surface area contributed by atoms with E-state index in [2.05, 4.69) is 29.3 Å². The zero-order valence-electron chi connectivity index (χ0n) is 12.1. The van der Waals surface area contributed by atoms with Crippen molar-refractivity contribution in [3.05, 3.63) is 59.9 Å². The number of nitrogens with zero attached hydrogens (tertiary/aromatic N) is 1. The molecule has 2 aromatic rings. The molecule has 0 heterocycles. The molecule has 0 unspecified atom stereocenters. The minimum atomic E-state index is -0.189. The van der Waals surface area contributed by atoms with Crippen LogP contribution in [0.1, 0.15) is 19.4 Å². The maximum absolute atomic E-state index is 13.5. The smallest absolute Gasteiger partial charge is 0.123 e. The molecule has 2 rings (SSSR count). The molecule has 0 fully saturated rings. The Kier molecular flexibility index (Phi) is 5.13. The van der Waals surface area contributed by atoms with Gasteiger partial charge in [-0.25, -0.2) is 4.39 Å². The summed E-state index contributed by atoms with van der Waals surface area (Å²) in [6, 6.07) is 15.2. The molecule has 2 aromatic carbocycles. The van der Waals surface area contributed by atoms with Gasteiger partial charge in [-0.3, -0.25) is 0 Å². The van der Waals surface area contributed by atoms with Gasteiger partial charge in [-0.2, -0.15) is 0 Å². The number of nitrogens with one attached hydrogen (secondary N) is 1. The van der Waals surface area contributed by atoms with Gasteiger partial charge in [0.15, 0.2) is 0 Å². The average Bonchev–Trinajstić information content (AvgIpc) is 2.49. The van der Waals surface area contributed by atoms with Crippen LogP contribution in [-0.2, 0) is 6.54 Å². The maximum atomic E-state index is 13.5. The minimum Gasteiger partial charge on any atom is -0.342 e. The highest BCUT2D eigenvalue weighted by atomic mass is 19.1. The summed E-state index contributed by atoms with van der Waals surface area (Å²) >= 11 is 0. The summed E-state index contributed by atoms with van der Waals surface area (Å²) in [5.74, 6) is -0.189. The van der Waals surface area contributed by atoms with Gasteiger partial charge in [0, 0.05) is 24.5 Å². The maximum Gasteiger partial charge on any atom is 0.123 e. The van der Waals surface area contributed by atoms with Crippen molar-refractivity contribution in [2.75, 3.05) is 18.0 Å². The molecule has 0 aliphatic carbocycles. The largest absolute Gasteiger partial charge is 0.342 e. The molecular weight excluding hydrogens is 251 g/mol. The van der Waals surface area contributed by atoms with Gasteiger partial charge in [0.25, 0.3) is 0 Å². The van der Waals surface area contributed by atoms with Crippen LogP contribution in [0.4, 0.5) is 15.8 Å². The van der Waals surface area contributed by atoms with Gasteiger partial charge >= 0.3 is 0 Å². The Bertz CT molecular complexity index is 540. The third-order valence-corrected chi connectivity index (χ3v) is 3.28. The summed E-state index contributed by atoms with van der Waals surface area (Å²) in [4.78, 5) is 2.20. The molecule has 0 atom stereocenters. The van der Waals surface area contributed by atoms with E-state index in [4.69, 9.17) is 0 Å². The molecule has 0 spiro atoms. The van der Waals surface area contributed by atoms with Crippen molar-refractivity contribution in [2.24, 2.45) is 0 Å². The molecule has 2 nitrogen and oxygen atoms in total. The fourth-order valence-corrected chi connectivity index (χ4v) is 2.32. The highest BCUT2D eigenvalue weighted by Gasteiger charge is 2.12. The van der Waals surface area contributed by atoms with Gasteiger partial charge in [-0.15, -0.1) is 0 Å². The lowest BCUT2D eigenvalue weighted by Crippen LogP contribution is -2.20. The van der Waals surface area contributed by atoms with E-state index in [1.807, 2.05) is 31.2 Å². The number of halogens is 1. The van der Waals surface area contributed by atoms with E-state index in [9.17, 15) is 4.39 Å². The predicted octanol–water partition coefficient (Wildman–Crippen LogP) is 4.09. The number of benzene rings is 2. The average molecular weight is 272 g/mol. The van der Waals surface area contributed by atoms with Crippen LogP contribution in [0, 0.1) is 5.82 Å². The molecule has 0 saturated carbocycles. The number of hydrogen-bond acceptors (Lipinski definition) is 2. The second kappa shape index (κ2) is 7.06. The summed E-state index contributed by atoms with van der Waals surface area (Å²) < 4.78 is 13.5. The van der Waals surface area contributed by atoms with Gasteiger partial charge in [-0.1, -0.05) is 25.1 Å². The van der Waals surface area contributed by atoms with Gasteiger partial charge in [0.1, 0.15) is 5.82 Å². The quantitative estimate of drug-likeness (QED) is 0.852. The summed E-state index contributed by atoms with van der Waals surface area (Å²) in [6.45, 7) is 6.54. The number of hydrogen-bond donors (Lipinski definition) is 1. The SMILES string of the molecule is CCNCc1cc(F)ccc1N(CC)c1ccccc1. The molecule has 0 aromatic heterocycles. The van der Waals surface area contributed by atoms with Crippen LogP contribution >= 0.6 is 0 Å². The van der Waals surface area contributed by atoms with E-state index in [1.165, 1.54) is 6.07 Å². The van der Waals surface area contributed by atoms with Crippen LogP contribution in [-0.4, -0.2) is 13.1 Å². The highest BCUT2D eigenvalue weighted by Crippen LogP contribution is 2.28.